The highest BCUT2D eigenvalue weighted by atomic mass is 19.4. The van der Waals surface area contributed by atoms with Crippen molar-refractivity contribution in [2.45, 2.75) is 32.1 Å². The zero-order valence-corrected chi connectivity index (χ0v) is 9.97. The standard InChI is InChI=1S/C10H18F3N3O/c1-7-5-16(4-3-14-7)8(2)9(17)15-6-10(11,12)13/h7-8,14H,3-6H2,1-2H3,(H,15,17)/t7-,8?/m0/s1. The Bertz CT molecular complexity index is 270. The van der Waals surface area contributed by atoms with Crippen LogP contribution >= 0.6 is 0 Å². The molecule has 1 fully saturated rings. The first-order chi connectivity index (χ1) is 7.79. The summed E-state index contributed by atoms with van der Waals surface area (Å²) in [5.41, 5.74) is 0. The Balaban J connectivity index is 2.40. The Morgan fingerprint density at radius 2 is 2.24 bits per heavy atom. The molecule has 0 aromatic carbocycles. The van der Waals surface area contributed by atoms with Gasteiger partial charge in [0, 0.05) is 25.7 Å². The van der Waals surface area contributed by atoms with Crippen LogP contribution in [0.25, 0.3) is 0 Å². The van der Waals surface area contributed by atoms with E-state index in [9.17, 15) is 18.0 Å². The summed E-state index contributed by atoms with van der Waals surface area (Å²) in [5.74, 6) is -0.573. The minimum atomic E-state index is -4.36. The fourth-order valence-corrected chi connectivity index (χ4v) is 1.81. The summed E-state index contributed by atoms with van der Waals surface area (Å²) < 4.78 is 35.8. The number of carbonyl (C=O) groups excluding carboxylic acids is 1. The van der Waals surface area contributed by atoms with Gasteiger partial charge in [-0.2, -0.15) is 13.2 Å². The average molecular weight is 253 g/mol. The van der Waals surface area contributed by atoms with Crippen molar-refractivity contribution in [3.63, 3.8) is 0 Å². The second kappa shape index (κ2) is 5.68. The van der Waals surface area contributed by atoms with Crippen LogP contribution in [0.1, 0.15) is 13.8 Å². The highest BCUT2D eigenvalue weighted by Crippen LogP contribution is 2.12. The molecule has 2 atom stereocenters. The Morgan fingerprint density at radius 1 is 1.59 bits per heavy atom. The van der Waals surface area contributed by atoms with Gasteiger partial charge < -0.3 is 10.6 Å². The number of rotatable bonds is 3. The molecule has 100 valence electrons. The second-order valence-electron chi connectivity index (χ2n) is 4.36. The first-order valence-electron chi connectivity index (χ1n) is 5.61. The summed E-state index contributed by atoms with van der Waals surface area (Å²) in [7, 11) is 0. The van der Waals surface area contributed by atoms with Crippen molar-refractivity contribution in [3.8, 4) is 0 Å². The van der Waals surface area contributed by atoms with Crippen LogP contribution in [0.2, 0.25) is 0 Å². The summed E-state index contributed by atoms with van der Waals surface area (Å²) in [6, 6.07) is -0.275. The van der Waals surface area contributed by atoms with Crippen molar-refractivity contribution >= 4 is 5.91 Å². The molecule has 0 aliphatic carbocycles. The van der Waals surface area contributed by atoms with Crippen LogP contribution in [0.3, 0.4) is 0 Å². The van der Waals surface area contributed by atoms with E-state index in [1.54, 1.807) is 6.92 Å². The van der Waals surface area contributed by atoms with Gasteiger partial charge >= 0.3 is 6.18 Å². The number of nitrogens with one attached hydrogen (secondary N) is 2. The average Bonchev–Trinajstić information content (AvgIpc) is 2.24. The van der Waals surface area contributed by atoms with E-state index >= 15 is 0 Å². The Labute approximate surface area is 98.5 Å². The highest BCUT2D eigenvalue weighted by molar-refractivity contribution is 5.81. The van der Waals surface area contributed by atoms with Gasteiger partial charge in [0.15, 0.2) is 0 Å². The third kappa shape index (κ3) is 4.91. The predicted molar refractivity (Wildman–Crippen MR) is 57.6 cm³/mol. The van der Waals surface area contributed by atoms with E-state index in [4.69, 9.17) is 0 Å². The molecule has 0 radical (unpaired) electrons. The van der Waals surface area contributed by atoms with Crippen LogP contribution < -0.4 is 10.6 Å². The van der Waals surface area contributed by atoms with Crippen LogP contribution in [0.4, 0.5) is 13.2 Å². The molecular weight excluding hydrogens is 235 g/mol. The number of nitrogens with zero attached hydrogens (tertiary/aromatic N) is 1. The van der Waals surface area contributed by atoms with Crippen LogP contribution in [0.5, 0.6) is 0 Å². The molecule has 0 bridgehead atoms. The van der Waals surface area contributed by atoms with E-state index in [1.807, 2.05) is 17.1 Å². The van der Waals surface area contributed by atoms with Crippen LogP contribution in [-0.4, -0.2) is 55.2 Å². The number of hydrogen-bond donors (Lipinski definition) is 2. The summed E-state index contributed by atoms with van der Waals surface area (Å²) in [4.78, 5) is 13.4. The van der Waals surface area contributed by atoms with E-state index in [0.717, 1.165) is 6.54 Å². The van der Waals surface area contributed by atoms with Crippen molar-refractivity contribution in [2.24, 2.45) is 0 Å². The molecule has 2 N–H and O–H groups in total. The maximum absolute atomic E-state index is 11.9. The zero-order valence-electron chi connectivity index (χ0n) is 9.97. The summed E-state index contributed by atoms with van der Waals surface area (Å²) in [5, 5.41) is 5.12. The molecule has 1 heterocycles. The molecule has 1 aliphatic heterocycles. The van der Waals surface area contributed by atoms with Gasteiger partial charge in [-0.25, -0.2) is 0 Å². The molecule has 1 amide bonds. The van der Waals surface area contributed by atoms with Crippen molar-refractivity contribution in [1.29, 1.82) is 0 Å². The van der Waals surface area contributed by atoms with E-state index in [2.05, 4.69) is 5.32 Å². The molecule has 4 nitrogen and oxygen atoms in total. The van der Waals surface area contributed by atoms with Gasteiger partial charge in [-0.1, -0.05) is 0 Å². The monoisotopic (exact) mass is 253 g/mol. The maximum Gasteiger partial charge on any atom is 0.405 e. The van der Waals surface area contributed by atoms with Gasteiger partial charge in [0.1, 0.15) is 6.54 Å². The van der Waals surface area contributed by atoms with E-state index < -0.39 is 24.7 Å². The number of hydrogen-bond acceptors (Lipinski definition) is 3. The third-order valence-electron chi connectivity index (χ3n) is 2.79. The SMILES string of the molecule is CC(C(=O)NCC(F)(F)F)N1CCN[C@@H](C)C1. The molecule has 7 heteroatoms. The summed E-state index contributed by atoms with van der Waals surface area (Å²) in [6.45, 7) is 4.43. The fourth-order valence-electron chi connectivity index (χ4n) is 1.81. The molecule has 1 saturated heterocycles. The molecule has 1 unspecified atom stereocenters. The van der Waals surface area contributed by atoms with E-state index in [1.165, 1.54) is 0 Å². The van der Waals surface area contributed by atoms with Crippen LogP contribution in [0.15, 0.2) is 0 Å². The summed E-state index contributed by atoms with van der Waals surface area (Å²) in [6.07, 6.45) is -4.36. The molecule has 0 spiro atoms. The molecule has 0 aromatic rings. The lowest BCUT2D eigenvalue weighted by Crippen LogP contribution is -2.56. The van der Waals surface area contributed by atoms with Gasteiger partial charge in [-0.05, 0) is 13.8 Å². The summed E-state index contributed by atoms with van der Waals surface area (Å²) >= 11 is 0. The number of amides is 1. The van der Waals surface area contributed by atoms with Crippen LogP contribution in [-0.2, 0) is 4.79 Å². The first-order valence-corrected chi connectivity index (χ1v) is 5.61. The second-order valence-corrected chi connectivity index (χ2v) is 4.36. The lowest BCUT2D eigenvalue weighted by atomic mass is 10.1. The number of halogens is 3. The van der Waals surface area contributed by atoms with E-state index in [-0.39, 0.29) is 6.04 Å². The van der Waals surface area contributed by atoms with E-state index in [0.29, 0.717) is 13.1 Å². The van der Waals surface area contributed by atoms with Crippen LogP contribution in [0, 0.1) is 0 Å². The molecule has 17 heavy (non-hydrogen) atoms. The Morgan fingerprint density at radius 3 is 2.76 bits per heavy atom. The minimum absolute atomic E-state index is 0.251. The molecule has 1 rings (SSSR count). The largest absolute Gasteiger partial charge is 0.405 e. The molecular formula is C10H18F3N3O. The normalized spacial score (nSPS) is 24.4. The predicted octanol–water partition coefficient (Wildman–Crippen LogP) is 0.347. The molecule has 1 aliphatic rings. The van der Waals surface area contributed by atoms with Crippen molar-refractivity contribution < 1.29 is 18.0 Å². The first kappa shape index (κ1) is 14.2. The quantitative estimate of drug-likeness (QED) is 0.762. The number of carbonyl (C=O) groups is 1. The van der Waals surface area contributed by atoms with Gasteiger partial charge in [0.25, 0.3) is 0 Å². The lowest BCUT2D eigenvalue weighted by Gasteiger charge is -2.35. The van der Waals surface area contributed by atoms with Crippen molar-refractivity contribution in [3.05, 3.63) is 0 Å². The van der Waals surface area contributed by atoms with Crippen molar-refractivity contribution in [2.75, 3.05) is 26.2 Å². The van der Waals surface area contributed by atoms with Gasteiger partial charge in [0.2, 0.25) is 5.91 Å². The van der Waals surface area contributed by atoms with Gasteiger partial charge in [0.05, 0.1) is 6.04 Å². The molecule has 0 saturated carbocycles. The fraction of sp³-hybridized carbons (Fsp3) is 0.900. The van der Waals surface area contributed by atoms with Gasteiger partial charge in [-0.15, -0.1) is 0 Å². The lowest BCUT2D eigenvalue weighted by molar-refractivity contribution is -0.141. The number of alkyl halides is 3. The zero-order chi connectivity index (χ0) is 13.1. The Hall–Kier alpha value is -0.820. The highest BCUT2D eigenvalue weighted by Gasteiger charge is 2.30. The Kier molecular flexibility index (Phi) is 4.76. The third-order valence-corrected chi connectivity index (χ3v) is 2.79. The van der Waals surface area contributed by atoms with Crippen molar-refractivity contribution in [1.82, 2.24) is 15.5 Å². The minimum Gasteiger partial charge on any atom is -0.346 e. The smallest absolute Gasteiger partial charge is 0.346 e. The topological polar surface area (TPSA) is 44.4 Å². The maximum atomic E-state index is 11.9. The number of piperazine rings is 1. The van der Waals surface area contributed by atoms with Gasteiger partial charge in [-0.3, -0.25) is 9.69 Å². The molecule has 0 aromatic heterocycles.